The largest absolute Gasteiger partial charge is 0.408 e. The summed E-state index contributed by atoms with van der Waals surface area (Å²) in [6, 6.07) is -0.124. The van der Waals surface area contributed by atoms with Crippen LogP contribution in [0.5, 0.6) is 0 Å². The topological polar surface area (TPSA) is 87.2 Å². The molecule has 2 aromatic rings. The minimum Gasteiger partial charge on any atom is -0.344 e. The number of rotatable bonds is 4. The normalized spacial score (nSPS) is 18.2. The maximum Gasteiger partial charge on any atom is 0.408 e. The van der Waals surface area contributed by atoms with Gasteiger partial charge in [-0.15, -0.1) is 0 Å². The van der Waals surface area contributed by atoms with Crippen LogP contribution in [0.4, 0.5) is 19.0 Å². The zero-order valence-corrected chi connectivity index (χ0v) is 15.0. The zero-order valence-electron chi connectivity index (χ0n) is 15.0. The molecule has 3 heterocycles. The maximum atomic E-state index is 13.3. The molecule has 1 aliphatic rings. The molecular weight excluding hydrogens is 375 g/mol. The van der Waals surface area contributed by atoms with Crippen LogP contribution in [-0.2, 0) is 0 Å². The Labute approximate surface area is 158 Å². The quantitative estimate of drug-likeness (QED) is 0.638. The molecule has 1 saturated heterocycles. The van der Waals surface area contributed by atoms with Gasteiger partial charge in [-0.25, -0.2) is 9.50 Å². The van der Waals surface area contributed by atoms with Gasteiger partial charge in [-0.3, -0.25) is 14.8 Å². The van der Waals surface area contributed by atoms with Gasteiger partial charge < -0.3 is 10.2 Å². The molecule has 28 heavy (non-hydrogen) atoms. The molecule has 0 spiro atoms. The fourth-order valence-electron chi connectivity index (χ4n) is 3.04. The summed E-state index contributed by atoms with van der Waals surface area (Å²) in [6.07, 6.45) is 1.69. The second kappa shape index (κ2) is 7.79. The van der Waals surface area contributed by atoms with E-state index >= 15 is 0 Å². The number of carbonyl (C=O) groups excluding carboxylic acids is 1. The first-order valence-corrected chi connectivity index (χ1v) is 8.43. The molecule has 0 saturated carbocycles. The van der Waals surface area contributed by atoms with Gasteiger partial charge in [0.2, 0.25) is 0 Å². The predicted molar refractivity (Wildman–Crippen MR) is 98.9 cm³/mol. The monoisotopic (exact) mass is 393 g/mol. The minimum absolute atomic E-state index is 0.0168. The number of nitrogens with zero attached hydrogens (tertiary/aromatic N) is 6. The fraction of sp³-hybridized carbons (Fsp3) is 0.353. The number of hydrogen-bond acceptors (Lipinski definition) is 6. The smallest absolute Gasteiger partial charge is 0.344 e. The van der Waals surface area contributed by atoms with Crippen molar-refractivity contribution >= 4 is 29.9 Å². The van der Waals surface area contributed by atoms with Crippen molar-refractivity contribution in [2.45, 2.75) is 25.1 Å². The summed E-state index contributed by atoms with van der Waals surface area (Å²) < 4.78 is 41.1. The van der Waals surface area contributed by atoms with Crippen LogP contribution < -0.4 is 10.2 Å². The molecule has 0 aromatic carbocycles. The van der Waals surface area contributed by atoms with Crippen molar-refractivity contribution in [3.63, 3.8) is 0 Å². The average Bonchev–Trinajstić information content (AvgIpc) is 3.30. The number of halogens is 3. The number of hydrogen-bond donors (Lipinski definition) is 1. The number of aliphatic imine (C=N–C) groups is 2. The number of alkyl halides is 3. The first kappa shape index (κ1) is 19.5. The number of aromatic nitrogens is 3. The second-order valence-corrected chi connectivity index (χ2v) is 6.07. The number of anilines is 1. The summed E-state index contributed by atoms with van der Waals surface area (Å²) in [5.74, 6) is -0.144. The standard InChI is InChI=1S/C17H18F3N7O/c1-21-7-5-13(22-2)24-16(28)11-10-23-27-9-6-14(25-15(11)27)26-8-3-4-12(26)17(18,19)20/h5-7,9-10,12H,1,3-4,8H2,2H3,(H,22,24,28). The third-order valence-electron chi connectivity index (χ3n) is 4.34. The molecule has 1 amide bonds. The van der Waals surface area contributed by atoms with E-state index in [1.54, 1.807) is 0 Å². The molecule has 1 aliphatic heterocycles. The lowest BCUT2D eigenvalue weighted by atomic mass is 10.2. The van der Waals surface area contributed by atoms with Crippen LogP contribution in [0.25, 0.3) is 5.65 Å². The van der Waals surface area contributed by atoms with Crippen LogP contribution >= 0.6 is 0 Å². The molecule has 2 aromatic heterocycles. The van der Waals surface area contributed by atoms with Crippen molar-refractivity contribution in [2.75, 3.05) is 18.5 Å². The lowest BCUT2D eigenvalue weighted by Gasteiger charge is -2.27. The molecule has 1 fully saturated rings. The SMILES string of the molecule is C=NC=CC(=NC)NC(=O)c1cnn2ccc(N3CCCC3C(F)(F)F)nc12. The van der Waals surface area contributed by atoms with Gasteiger partial charge in [-0.05, 0) is 31.7 Å². The highest BCUT2D eigenvalue weighted by Gasteiger charge is 2.46. The van der Waals surface area contributed by atoms with Crippen LogP contribution in [0.3, 0.4) is 0 Å². The molecular formula is C17H18F3N7O. The Bertz CT molecular complexity index is 948. The highest BCUT2D eigenvalue weighted by atomic mass is 19.4. The van der Waals surface area contributed by atoms with Gasteiger partial charge in [0, 0.05) is 26.0 Å². The van der Waals surface area contributed by atoms with Gasteiger partial charge in [0.15, 0.2) is 5.65 Å². The van der Waals surface area contributed by atoms with Crippen LogP contribution in [0, 0.1) is 0 Å². The van der Waals surface area contributed by atoms with Gasteiger partial charge in [0.25, 0.3) is 5.91 Å². The number of amidine groups is 1. The summed E-state index contributed by atoms with van der Waals surface area (Å²) in [6.45, 7) is 3.54. The van der Waals surface area contributed by atoms with E-state index in [1.807, 2.05) is 0 Å². The predicted octanol–water partition coefficient (Wildman–Crippen LogP) is 2.23. The van der Waals surface area contributed by atoms with Crippen LogP contribution in [0.2, 0.25) is 0 Å². The van der Waals surface area contributed by atoms with E-state index < -0.39 is 18.1 Å². The van der Waals surface area contributed by atoms with E-state index in [0.717, 1.165) is 0 Å². The zero-order chi connectivity index (χ0) is 20.3. The van der Waals surface area contributed by atoms with Crippen LogP contribution in [-0.4, -0.2) is 58.9 Å². The van der Waals surface area contributed by atoms with Crippen molar-refractivity contribution in [1.29, 1.82) is 0 Å². The third-order valence-corrected chi connectivity index (χ3v) is 4.34. The minimum atomic E-state index is -4.34. The lowest BCUT2D eigenvalue weighted by molar-refractivity contribution is -0.146. The maximum absolute atomic E-state index is 13.3. The summed E-state index contributed by atoms with van der Waals surface area (Å²) in [5, 5.41) is 6.60. The highest BCUT2D eigenvalue weighted by Crippen LogP contribution is 2.35. The molecule has 11 heteroatoms. The van der Waals surface area contributed by atoms with E-state index in [1.165, 1.54) is 47.2 Å². The number of amides is 1. The van der Waals surface area contributed by atoms with Gasteiger partial charge >= 0.3 is 6.18 Å². The van der Waals surface area contributed by atoms with Gasteiger partial charge in [-0.2, -0.15) is 18.3 Å². The Hall–Kier alpha value is -3.24. The lowest BCUT2D eigenvalue weighted by Crippen LogP contribution is -2.41. The first-order chi connectivity index (χ1) is 13.3. The highest BCUT2D eigenvalue weighted by molar-refractivity contribution is 6.12. The third kappa shape index (κ3) is 3.87. The van der Waals surface area contributed by atoms with E-state index in [4.69, 9.17) is 0 Å². The van der Waals surface area contributed by atoms with Gasteiger partial charge in [0.05, 0.1) is 6.20 Å². The fourth-order valence-corrected chi connectivity index (χ4v) is 3.04. The molecule has 148 valence electrons. The summed E-state index contributed by atoms with van der Waals surface area (Å²) >= 11 is 0. The van der Waals surface area contributed by atoms with Crippen molar-refractivity contribution in [1.82, 2.24) is 19.9 Å². The molecule has 0 aliphatic carbocycles. The summed E-state index contributed by atoms with van der Waals surface area (Å²) in [5.41, 5.74) is 0.273. The van der Waals surface area contributed by atoms with Crippen LogP contribution in [0.1, 0.15) is 23.2 Å². The van der Waals surface area contributed by atoms with E-state index in [-0.39, 0.29) is 35.8 Å². The van der Waals surface area contributed by atoms with Crippen molar-refractivity contribution in [3.8, 4) is 0 Å². The van der Waals surface area contributed by atoms with E-state index in [0.29, 0.717) is 6.42 Å². The Balaban J connectivity index is 1.92. The van der Waals surface area contributed by atoms with Crippen LogP contribution in [0.15, 0.2) is 40.7 Å². The molecule has 1 unspecified atom stereocenters. The molecule has 1 atom stereocenters. The molecule has 3 rings (SSSR count). The Morgan fingerprint density at radius 1 is 1.46 bits per heavy atom. The van der Waals surface area contributed by atoms with Gasteiger partial charge in [-0.1, -0.05) is 0 Å². The summed E-state index contributed by atoms with van der Waals surface area (Å²) in [4.78, 5) is 25.5. The Morgan fingerprint density at radius 3 is 2.93 bits per heavy atom. The van der Waals surface area contributed by atoms with Crippen molar-refractivity contribution in [2.24, 2.45) is 9.98 Å². The average molecular weight is 393 g/mol. The van der Waals surface area contributed by atoms with Crippen molar-refractivity contribution < 1.29 is 18.0 Å². The Morgan fingerprint density at radius 2 is 2.25 bits per heavy atom. The number of fused-ring (bicyclic) bond motifs is 1. The molecule has 0 bridgehead atoms. The molecule has 1 N–H and O–H groups in total. The molecule has 8 nitrogen and oxygen atoms in total. The van der Waals surface area contributed by atoms with E-state index in [2.05, 4.69) is 32.1 Å². The number of nitrogens with one attached hydrogen (secondary N) is 1. The van der Waals surface area contributed by atoms with E-state index in [9.17, 15) is 18.0 Å². The number of carbonyl (C=O) groups is 1. The first-order valence-electron chi connectivity index (χ1n) is 8.43. The molecule has 0 radical (unpaired) electrons. The van der Waals surface area contributed by atoms with Gasteiger partial charge in [0.1, 0.15) is 23.3 Å². The Kier molecular flexibility index (Phi) is 5.43. The van der Waals surface area contributed by atoms with Crippen molar-refractivity contribution in [3.05, 3.63) is 36.3 Å². The summed E-state index contributed by atoms with van der Waals surface area (Å²) in [7, 11) is 1.49. The second-order valence-electron chi connectivity index (χ2n) is 6.07.